The number of nitrogens with one attached hydrogen (secondary N) is 4. The Morgan fingerprint density at radius 2 is 2.07 bits per heavy atom. The molecule has 0 saturated carbocycles. The zero-order chi connectivity index (χ0) is 21.4. The summed E-state index contributed by atoms with van der Waals surface area (Å²) in [5.74, 6) is -1.78. The van der Waals surface area contributed by atoms with Crippen LogP contribution in [0.3, 0.4) is 0 Å². The number of benzene rings is 1. The first-order chi connectivity index (χ1) is 14.3. The third-order valence-corrected chi connectivity index (χ3v) is 6.52. The van der Waals surface area contributed by atoms with Gasteiger partial charge in [-0.25, -0.2) is 0 Å². The molecule has 4 rings (SSSR count). The van der Waals surface area contributed by atoms with Crippen LogP contribution in [0.1, 0.15) is 31.7 Å². The maximum atomic E-state index is 13.0. The molecule has 30 heavy (non-hydrogen) atoms. The SMILES string of the molecule is Cc1ccc(NC(=O)C2CC(=O)NC3NC(N4CCCC(C)C4)NC(=O)C32)c(Cl)c1. The van der Waals surface area contributed by atoms with Crippen LogP contribution in [-0.4, -0.2) is 48.2 Å². The number of likely N-dealkylation sites (tertiary alicyclic amines) is 1. The fourth-order valence-corrected chi connectivity index (χ4v) is 4.95. The van der Waals surface area contributed by atoms with Crippen molar-refractivity contribution in [3.8, 4) is 0 Å². The number of aryl methyl sites for hydroxylation is 1. The maximum Gasteiger partial charge on any atom is 0.229 e. The van der Waals surface area contributed by atoms with E-state index >= 15 is 0 Å². The van der Waals surface area contributed by atoms with Crippen LogP contribution in [0, 0.1) is 24.7 Å². The van der Waals surface area contributed by atoms with Gasteiger partial charge < -0.3 is 16.0 Å². The lowest BCUT2D eigenvalue weighted by Crippen LogP contribution is -2.74. The van der Waals surface area contributed by atoms with Crippen molar-refractivity contribution in [2.24, 2.45) is 17.8 Å². The Hall–Kier alpha value is -2.16. The molecular formula is C21H28ClN5O3. The van der Waals surface area contributed by atoms with Gasteiger partial charge >= 0.3 is 0 Å². The topological polar surface area (TPSA) is 103 Å². The molecule has 3 amide bonds. The third-order valence-electron chi connectivity index (χ3n) is 6.21. The van der Waals surface area contributed by atoms with E-state index in [0.29, 0.717) is 16.6 Å². The highest BCUT2D eigenvalue weighted by Gasteiger charge is 2.49. The number of fused-ring (bicyclic) bond motifs is 1. The number of carbonyl (C=O) groups is 3. The summed E-state index contributed by atoms with van der Waals surface area (Å²) in [6, 6.07) is 5.33. The van der Waals surface area contributed by atoms with Crippen LogP contribution in [0.2, 0.25) is 5.02 Å². The Balaban J connectivity index is 1.49. The lowest BCUT2D eigenvalue weighted by molar-refractivity contribution is -0.148. The minimum atomic E-state index is -0.783. The van der Waals surface area contributed by atoms with Crippen LogP contribution in [0.4, 0.5) is 5.69 Å². The van der Waals surface area contributed by atoms with Crippen molar-refractivity contribution in [1.29, 1.82) is 0 Å². The van der Waals surface area contributed by atoms with Crippen LogP contribution in [0.25, 0.3) is 0 Å². The van der Waals surface area contributed by atoms with E-state index < -0.39 is 18.0 Å². The van der Waals surface area contributed by atoms with Gasteiger partial charge in [0.15, 0.2) is 0 Å². The predicted octanol–water partition coefficient (Wildman–Crippen LogP) is 1.40. The zero-order valence-electron chi connectivity index (χ0n) is 17.2. The van der Waals surface area contributed by atoms with Gasteiger partial charge in [-0.15, -0.1) is 0 Å². The van der Waals surface area contributed by atoms with Crippen LogP contribution in [0.5, 0.6) is 0 Å². The van der Waals surface area contributed by atoms with Gasteiger partial charge in [0.05, 0.1) is 28.7 Å². The van der Waals surface area contributed by atoms with Crippen molar-refractivity contribution >= 4 is 35.0 Å². The molecule has 5 unspecified atom stereocenters. The van der Waals surface area contributed by atoms with E-state index in [4.69, 9.17) is 11.6 Å². The average Bonchev–Trinajstić information content (AvgIpc) is 2.69. The quantitative estimate of drug-likeness (QED) is 0.577. The molecule has 1 aromatic carbocycles. The first kappa shape index (κ1) is 21.1. The molecule has 3 saturated heterocycles. The largest absolute Gasteiger partial charge is 0.340 e. The van der Waals surface area contributed by atoms with Crippen LogP contribution >= 0.6 is 11.6 Å². The summed E-state index contributed by atoms with van der Waals surface area (Å²) in [5.41, 5.74) is 1.45. The highest BCUT2D eigenvalue weighted by Crippen LogP contribution is 2.30. The van der Waals surface area contributed by atoms with Gasteiger partial charge in [-0.3, -0.25) is 24.6 Å². The average molecular weight is 434 g/mol. The minimum Gasteiger partial charge on any atom is -0.340 e. The van der Waals surface area contributed by atoms with Gasteiger partial charge in [0.2, 0.25) is 17.7 Å². The number of amides is 3. The smallest absolute Gasteiger partial charge is 0.229 e. The minimum absolute atomic E-state index is 0.0446. The van der Waals surface area contributed by atoms with Crippen molar-refractivity contribution in [1.82, 2.24) is 20.9 Å². The molecule has 3 aliphatic rings. The Labute approximate surface area is 181 Å². The maximum absolute atomic E-state index is 13.0. The summed E-state index contributed by atoms with van der Waals surface area (Å²) >= 11 is 6.23. The molecule has 9 heteroatoms. The fraction of sp³-hybridized carbons (Fsp3) is 0.571. The summed E-state index contributed by atoms with van der Waals surface area (Å²) in [6.45, 7) is 5.85. The van der Waals surface area contributed by atoms with Gasteiger partial charge in [0.25, 0.3) is 0 Å². The Kier molecular flexibility index (Phi) is 5.99. The Morgan fingerprint density at radius 1 is 1.27 bits per heavy atom. The van der Waals surface area contributed by atoms with Crippen LogP contribution in [0.15, 0.2) is 18.2 Å². The third kappa shape index (κ3) is 4.31. The second-order valence-corrected chi connectivity index (χ2v) is 9.08. The summed E-state index contributed by atoms with van der Waals surface area (Å²) < 4.78 is 0. The van der Waals surface area contributed by atoms with E-state index in [0.717, 1.165) is 25.1 Å². The first-order valence-electron chi connectivity index (χ1n) is 10.5. The summed E-state index contributed by atoms with van der Waals surface area (Å²) in [7, 11) is 0. The number of piperidine rings is 2. The van der Waals surface area contributed by atoms with Gasteiger partial charge in [0.1, 0.15) is 6.29 Å². The monoisotopic (exact) mass is 433 g/mol. The van der Waals surface area contributed by atoms with Crippen molar-refractivity contribution in [3.63, 3.8) is 0 Å². The normalized spacial score (nSPS) is 32.0. The first-order valence-corrected chi connectivity index (χ1v) is 10.9. The van der Waals surface area contributed by atoms with Crippen molar-refractivity contribution in [2.75, 3.05) is 18.4 Å². The Bertz CT molecular complexity index is 863. The number of anilines is 1. The number of halogens is 1. The molecule has 0 spiro atoms. The second kappa shape index (κ2) is 8.53. The van der Waals surface area contributed by atoms with Gasteiger partial charge in [0, 0.05) is 19.5 Å². The molecule has 4 N–H and O–H groups in total. The standard InChI is InChI=1S/C21H28ClN5O3/c1-11-5-6-15(14(22)8-11)23-19(29)13-9-16(28)24-18-17(13)20(30)26-21(25-18)27-7-3-4-12(2)10-27/h5-6,8,12-13,17-18,21,25H,3-4,7,9-10H2,1-2H3,(H,23,29)(H,24,28)(H,26,30). The molecule has 5 atom stereocenters. The molecule has 0 radical (unpaired) electrons. The Morgan fingerprint density at radius 3 is 2.80 bits per heavy atom. The van der Waals surface area contributed by atoms with E-state index in [1.54, 1.807) is 12.1 Å². The summed E-state index contributed by atoms with van der Waals surface area (Å²) in [4.78, 5) is 40.5. The van der Waals surface area contributed by atoms with Crippen LogP contribution < -0.4 is 21.3 Å². The molecular weight excluding hydrogens is 406 g/mol. The molecule has 0 aliphatic carbocycles. The van der Waals surface area contributed by atoms with Crippen LogP contribution in [-0.2, 0) is 14.4 Å². The summed E-state index contributed by atoms with van der Waals surface area (Å²) in [5, 5.41) is 12.4. The number of hydrogen-bond donors (Lipinski definition) is 4. The molecule has 0 aromatic heterocycles. The predicted molar refractivity (Wildman–Crippen MR) is 113 cm³/mol. The molecule has 3 heterocycles. The van der Waals surface area contributed by atoms with E-state index in [9.17, 15) is 14.4 Å². The van der Waals surface area contributed by atoms with Gasteiger partial charge in [-0.05, 0) is 43.4 Å². The molecule has 3 fully saturated rings. The van der Waals surface area contributed by atoms with Gasteiger partial charge in [-0.2, -0.15) is 0 Å². The lowest BCUT2D eigenvalue weighted by atomic mass is 9.81. The number of nitrogens with zero attached hydrogens (tertiary/aromatic N) is 1. The number of rotatable bonds is 3. The number of carbonyl (C=O) groups excluding carboxylic acids is 3. The molecule has 1 aromatic rings. The molecule has 8 nitrogen and oxygen atoms in total. The van der Waals surface area contributed by atoms with E-state index in [-0.39, 0.29) is 30.4 Å². The highest BCUT2D eigenvalue weighted by atomic mass is 35.5. The highest BCUT2D eigenvalue weighted by molar-refractivity contribution is 6.33. The van der Waals surface area contributed by atoms with Crippen molar-refractivity contribution in [3.05, 3.63) is 28.8 Å². The molecule has 0 bridgehead atoms. The zero-order valence-corrected chi connectivity index (χ0v) is 18.0. The molecule has 3 aliphatic heterocycles. The van der Waals surface area contributed by atoms with E-state index in [2.05, 4.69) is 33.1 Å². The number of hydrogen-bond acceptors (Lipinski definition) is 5. The summed E-state index contributed by atoms with van der Waals surface area (Å²) in [6.07, 6.45) is 1.25. The molecule has 162 valence electrons. The van der Waals surface area contributed by atoms with E-state index in [1.807, 2.05) is 13.0 Å². The lowest BCUT2D eigenvalue weighted by Gasteiger charge is -2.47. The van der Waals surface area contributed by atoms with Crippen molar-refractivity contribution in [2.45, 2.75) is 45.6 Å². The van der Waals surface area contributed by atoms with Gasteiger partial charge in [-0.1, -0.05) is 24.6 Å². The van der Waals surface area contributed by atoms with Crippen molar-refractivity contribution < 1.29 is 14.4 Å². The van der Waals surface area contributed by atoms with E-state index in [1.165, 1.54) is 6.42 Å². The second-order valence-electron chi connectivity index (χ2n) is 8.67. The fourth-order valence-electron chi connectivity index (χ4n) is 4.66.